The minimum Gasteiger partial charge on any atom is -0.484 e. The number of nitrogens with zero attached hydrogens (tertiary/aromatic N) is 3. The van der Waals surface area contributed by atoms with Gasteiger partial charge >= 0.3 is 0 Å². The van der Waals surface area contributed by atoms with Crippen LogP contribution in [0.4, 0.5) is 0 Å². The van der Waals surface area contributed by atoms with Gasteiger partial charge < -0.3 is 9.30 Å². The van der Waals surface area contributed by atoms with E-state index in [0.29, 0.717) is 17.4 Å². The molecule has 6 heteroatoms. The van der Waals surface area contributed by atoms with Crippen molar-refractivity contribution in [1.29, 1.82) is 0 Å². The summed E-state index contributed by atoms with van der Waals surface area (Å²) in [6.07, 6.45) is 0. The van der Waals surface area contributed by atoms with Crippen molar-refractivity contribution in [2.75, 3.05) is 5.75 Å². The first-order chi connectivity index (χ1) is 8.72. The number of para-hydroxylation sites is 1. The van der Waals surface area contributed by atoms with Gasteiger partial charge in [-0.2, -0.15) is 0 Å². The second-order valence-corrected chi connectivity index (χ2v) is 5.25. The molecular weight excluding hydrogens is 270 g/mol. The molecule has 2 rings (SSSR count). The average Bonchev–Trinajstić information content (AvgIpc) is 2.71. The van der Waals surface area contributed by atoms with Crippen molar-refractivity contribution >= 4 is 23.4 Å². The molecule has 0 saturated heterocycles. The van der Waals surface area contributed by atoms with Gasteiger partial charge in [-0.05, 0) is 17.9 Å². The van der Waals surface area contributed by atoms with Crippen LogP contribution in [0.3, 0.4) is 0 Å². The molecular formula is C12H14ClN3OS. The van der Waals surface area contributed by atoms with E-state index in [1.807, 2.05) is 29.8 Å². The first-order valence-corrected chi connectivity index (χ1v) is 6.97. The number of hydrogen-bond acceptors (Lipinski definition) is 4. The molecule has 0 aliphatic rings. The summed E-state index contributed by atoms with van der Waals surface area (Å²) in [5.41, 5.74) is 0. The third-order valence-corrected chi connectivity index (χ3v) is 3.61. The molecule has 0 unspecified atom stereocenters. The van der Waals surface area contributed by atoms with Crippen LogP contribution >= 0.6 is 23.4 Å². The molecule has 1 aromatic carbocycles. The lowest BCUT2D eigenvalue weighted by atomic mass is 10.3. The van der Waals surface area contributed by atoms with Crippen LogP contribution in [0.15, 0.2) is 29.4 Å². The van der Waals surface area contributed by atoms with E-state index in [0.717, 1.165) is 16.7 Å². The van der Waals surface area contributed by atoms with Crippen molar-refractivity contribution in [3.05, 3.63) is 35.1 Å². The highest BCUT2D eigenvalue weighted by molar-refractivity contribution is 7.99. The zero-order valence-corrected chi connectivity index (χ0v) is 11.8. The van der Waals surface area contributed by atoms with Crippen molar-refractivity contribution in [3.63, 3.8) is 0 Å². The molecule has 0 bridgehead atoms. The number of ether oxygens (including phenoxy) is 1. The summed E-state index contributed by atoms with van der Waals surface area (Å²) in [6, 6.07) is 7.39. The third-order valence-electron chi connectivity index (χ3n) is 2.39. The molecule has 0 spiro atoms. The van der Waals surface area contributed by atoms with Crippen LogP contribution in [0.5, 0.6) is 5.75 Å². The predicted octanol–water partition coefficient (Wildman–Crippen LogP) is 3.16. The molecule has 0 aliphatic carbocycles. The quantitative estimate of drug-likeness (QED) is 0.790. The fraction of sp³-hybridized carbons (Fsp3) is 0.333. The van der Waals surface area contributed by atoms with Crippen LogP contribution in [-0.4, -0.2) is 20.5 Å². The van der Waals surface area contributed by atoms with Gasteiger partial charge in [0.15, 0.2) is 11.0 Å². The summed E-state index contributed by atoms with van der Waals surface area (Å²) in [7, 11) is 1.93. The Labute approximate surface area is 115 Å². The van der Waals surface area contributed by atoms with E-state index in [4.69, 9.17) is 16.3 Å². The number of thioether (sulfide) groups is 1. The lowest BCUT2D eigenvalue weighted by Gasteiger charge is -2.07. The maximum Gasteiger partial charge on any atom is 0.191 e. The molecule has 0 amide bonds. The summed E-state index contributed by atoms with van der Waals surface area (Å²) < 4.78 is 7.57. The van der Waals surface area contributed by atoms with Crippen LogP contribution in [0.2, 0.25) is 5.02 Å². The van der Waals surface area contributed by atoms with Gasteiger partial charge in [-0.3, -0.25) is 0 Å². The first kappa shape index (κ1) is 13.2. The van der Waals surface area contributed by atoms with Crippen molar-refractivity contribution in [2.24, 2.45) is 7.05 Å². The summed E-state index contributed by atoms with van der Waals surface area (Å²) in [5, 5.41) is 9.70. The highest BCUT2D eigenvalue weighted by Gasteiger charge is 2.09. The van der Waals surface area contributed by atoms with Gasteiger partial charge in [-0.25, -0.2) is 0 Å². The fourth-order valence-electron chi connectivity index (χ4n) is 1.43. The van der Waals surface area contributed by atoms with Gasteiger partial charge in [-0.1, -0.05) is 42.4 Å². The highest BCUT2D eigenvalue weighted by Crippen LogP contribution is 2.24. The molecule has 96 valence electrons. The number of benzene rings is 1. The Morgan fingerprint density at radius 3 is 2.83 bits per heavy atom. The van der Waals surface area contributed by atoms with Crippen molar-refractivity contribution in [1.82, 2.24) is 14.8 Å². The third kappa shape index (κ3) is 2.97. The Kier molecular flexibility index (Phi) is 4.49. The number of hydrogen-bond donors (Lipinski definition) is 0. The van der Waals surface area contributed by atoms with Gasteiger partial charge in [0.05, 0.1) is 5.02 Å². The van der Waals surface area contributed by atoms with E-state index >= 15 is 0 Å². The van der Waals surface area contributed by atoms with Crippen LogP contribution in [0.1, 0.15) is 12.7 Å². The lowest BCUT2D eigenvalue weighted by Crippen LogP contribution is -2.04. The topological polar surface area (TPSA) is 39.9 Å². The molecule has 0 saturated carbocycles. The first-order valence-electron chi connectivity index (χ1n) is 5.60. The van der Waals surface area contributed by atoms with Gasteiger partial charge in [-0.15, -0.1) is 10.2 Å². The summed E-state index contributed by atoms with van der Waals surface area (Å²) in [4.78, 5) is 0. The van der Waals surface area contributed by atoms with Crippen molar-refractivity contribution in [2.45, 2.75) is 18.7 Å². The van der Waals surface area contributed by atoms with E-state index in [1.54, 1.807) is 17.8 Å². The lowest BCUT2D eigenvalue weighted by molar-refractivity contribution is 0.290. The average molecular weight is 284 g/mol. The number of halogens is 1. The number of rotatable bonds is 5. The normalized spacial score (nSPS) is 10.6. The van der Waals surface area contributed by atoms with Gasteiger partial charge in [0.1, 0.15) is 12.4 Å². The molecule has 0 atom stereocenters. The zero-order valence-electron chi connectivity index (χ0n) is 10.3. The molecule has 0 aliphatic heterocycles. The maximum absolute atomic E-state index is 6.01. The fourth-order valence-corrected chi connectivity index (χ4v) is 2.28. The predicted molar refractivity (Wildman–Crippen MR) is 73.2 cm³/mol. The van der Waals surface area contributed by atoms with E-state index in [1.165, 1.54) is 0 Å². The molecule has 1 heterocycles. The van der Waals surface area contributed by atoms with E-state index < -0.39 is 0 Å². The molecule has 0 radical (unpaired) electrons. The van der Waals surface area contributed by atoms with E-state index in [9.17, 15) is 0 Å². The van der Waals surface area contributed by atoms with Crippen molar-refractivity contribution in [3.8, 4) is 5.75 Å². The number of aromatic nitrogens is 3. The highest BCUT2D eigenvalue weighted by atomic mass is 35.5. The summed E-state index contributed by atoms with van der Waals surface area (Å²) >= 11 is 7.67. The van der Waals surface area contributed by atoms with Gasteiger partial charge in [0.25, 0.3) is 0 Å². The van der Waals surface area contributed by atoms with E-state index in [-0.39, 0.29) is 0 Å². The molecule has 0 N–H and O–H groups in total. The Balaban J connectivity index is 2.05. The molecule has 1 aromatic heterocycles. The SMILES string of the molecule is CCSc1nnc(COc2ccccc2Cl)n1C. The monoisotopic (exact) mass is 283 g/mol. The Hall–Kier alpha value is -1.20. The molecule has 0 fully saturated rings. The standard InChI is InChI=1S/C12H14ClN3OS/c1-3-18-12-15-14-11(16(12)2)8-17-10-7-5-4-6-9(10)13/h4-7H,3,8H2,1-2H3. The molecule has 2 aromatic rings. The summed E-state index contributed by atoms with van der Waals surface area (Å²) in [6.45, 7) is 2.44. The van der Waals surface area contributed by atoms with Crippen LogP contribution < -0.4 is 4.74 Å². The molecule has 4 nitrogen and oxygen atoms in total. The Bertz CT molecular complexity index is 530. The van der Waals surface area contributed by atoms with E-state index in [2.05, 4.69) is 17.1 Å². The van der Waals surface area contributed by atoms with Crippen LogP contribution in [0, 0.1) is 0 Å². The largest absolute Gasteiger partial charge is 0.484 e. The maximum atomic E-state index is 6.01. The Morgan fingerprint density at radius 2 is 2.11 bits per heavy atom. The van der Waals surface area contributed by atoms with Crippen LogP contribution in [0.25, 0.3) is 0 Å². The zero-order chi connectivity index (χ0) is 13.0. The van der Waals surface area contributed by atoms with Gasteiger partial charge in [0, 0.05) is 7.05 Å². The van der Waals surface area contributed by atoms with Gasteiger partial charge in [0.2, 0.25) is 0 Å². The minimum absolute atomic E-state index is 0.359. The second-order valence-electron chi connectivity index (χ2n) is 3.61. The molecule has 18 heavy (non-hydrogen) atoms. The second kappa shape index (κ2) is 6.11. The summed E-state index contributed by atoms with van der Waals surface area (Å²) in [5.74, 6) is 2.41. The smallest absolute Gasteiger partial charge is 0.191 e. The minimum atomic E-state index is 0.359. The Morgan fingerprint density at radius 1 is 1.33 bits per heavy atom. The van der Waals surface area contributed by atoms with Crippen LogP contribution in [-0.2, 0) is 13.7 Å². The van der Waals surface area contributed by atoms with Crippen molar-refractivity contribution < 1.29 is 4.74 Å².